The second kappa shape index (κ2) is 5.80. The van der Waals surface area contributed by atoms with E-state index in [4.69, 9.17) is 5.10 Å². The molecule has 8 heteroatoms. The molecule has 1 aliphatic heterocycles. The highest BCUT2D eigenvalue weighted by molar-refractivity contribution is 5.47. The van der Waals surface area contributed by atoms with E-state index >= 15 is 0 Å². The first-order chi connectivity index (χ1) is 12.3. The summed E-state index contributed by atoms with van der Waals surface area (Å²) in [4.78, 5) is 2.32. The number of nitrogens with zero attached hydrogens (tertiary/aromatic N) is 6. The van der Waals surface area contributed by atoms with Gasteiger partial charge in [-0.3, -0.25) is 5.10 Å². The van der Waals surface area contributed by atoms with E-state index in [1.54, 1.807) is 0 Å². The molecule has 5 rings (SSSR count). The molecule has 0 spiro atoms. The van der Waals surface area contributed by atoms with E-state index < -0.39 is 0 Å². The number of hydrogen-bond acceptors (Lipinski definition) is 6. The van der Waals surface area contributed by atoms with Crippen molar-refractivity contribution < 1.29 is 0 Å². The van der Waals surface area contributed by atoms with Crippen LogP contribution >= 0.6 is 0 Å². The number of anilines is 1. The van der Waals surface area contributed by atoms with E-state index in [2.05, 4.69) is 43.6 Å². The number of hydrogen-bond donors (Lipinski definition) is 2. The van der Waals surface area contributed by atoms with Gasteiger partial charge in [-0.15, -0.1) is 15.3 Å². The first-order valence-corrected chi connectivity index (χ1v) is 8.95. The first kappa shape index (κ1) is 14.8. The molecule has 0 unspecified atom stereocenters. The third-order valence-corrected chi connectivity index (χ3v) is 5.18. The van der Waals surface area contributed by atoms with Crippen molar-refractivity contribution >= 4 is 11.5 Å². The maximum atomic E-state index is 4.77. The quantitative estimate of drug-likeness (QED) is 0.704. The summed E-state index contributed by atoms with van der Waals surface area (Å²) in [6, 6.07) is 4.08. The molecule has 4 heterocycles. The zero-order chi connectivity index (χ0) is 16.8. The normalized spacial score (nSPS) is 18.0. The lowest BCUT2D eigenvalue weighted by molar-refractivity contribution is 0.381. The van der Waals surface area contributed by atoms with Crippen molar-refractivity contribution in [2.24, 2.45) is 5.92 Å². The zero-order valence-corrected chi connectivity index (χ0v) is 14.3. The van der Waals surface area contributed by atoms with Crippen molar-refractivity contribution in [3.05, 3.63) is 35.4 Å². The van der Waals surface area contributed by atoms with Crippen molar-refractivity contribution in [2.45, 2.75) is 32.2 Å². The van der Waals surface area contributed by atoms with Gasteiger partial charge in [-0.05, 0) is 31.9 Å². The molecule has 8 nitrogen and oxygen atoms in total. The van der Waals surface area contributed by atoms with Gasteiger partial charge in [0.25, 0.3) is 0 Å². The third kappa shape index (κ3) is 2.76. The van der Waals surface area contributed by atoms with Gasteiger partial charge in [0, 0.05) is 49.3 Å². The lowest BCUT2D eigenvalue weighted by Crippen LogP contribution is -2.51. The Bertz CT molecular complexity index is 887. The van der Waals surface area contributed by atoms with E-state index in [9.17, 15) is 0 Å². The molecule has 1 saturated heterocycles. The van der Waals surface area contributed by atoms with Crippen molar-refractivity contribution in [1.29, 1.82) is 0 Å². The van der Waals surface area contributed by atoms with E-state index in [-0.39, 0.29) is 0 Å². The van der Waals surface area contributed by atoms with E-state index in [1.165, 1.54) is 18.4 Å². The number of H-pyrrole nitrogens is 1. The number of fused-ring (bicyclic) bond motifs is 1. The second-order valence-electron chi connectivity index (χ2n) is 7.22. The summed E-state index contributed by atoms with van der Waals surface area (Å²) >= 11 is 0. The van der Waals surface area contributed by atoms with Crippen LogP contribution in [0.25, 0.3) is 5.65 Å². The van der Waals surface area contributed by atoms with Gasteiger partial charge in [0.2, 0.25) is 0 Å². The highest BCUT2D eigenvalue weighted by Gasteiger charge is 2.31. The highest BCUT2D eigenvalue weighted by atomic mass is 15.4. The SMILES string of the molecule is Cc1[nH]ncc1CNCC1CN(c2ccc3nnc(C4CC4)n3n2)C1. The van der Waals surface area contributed by atoms with Gasteiger partial charge in [-0.1, -0.05) is 0 Å². The van der Waals surface area contributed by atoms with Crippen LogP contribution < -0.4 is 10.2 Å². The Morgan fingerprint density at radius 2 is 2.12 bits per heavy atom. The Hall–Kier alpha value is -2.48. The molecule has 1 saturated carbocycles. The van der Waals surface area contributed by atoms with E-state index in [0.717, 1.165) is 49.2 Å². The summed E-state index contributed by atoms with van der Waals surface area (Å²) in [6.07, 6.45) is 4.31. The Kier molecular flexibility index (Phi) is 3.44. The lowest BCUT2D eigenvalue weighted by Gasteiger charge is -2.40. The predicted octanol–water partition coefficient (Wildman–Crippen LogP) is 1.26. The molecule has 0 atom stereocenters. The summed E-state index contributed by atoms with van der Waals surface area (Å²) in [7, 11) is 0. The fourth-order valence-corrected chi connectivity index (χ4v) is 3.41. The monoisotopic (exact) mass is 338 g/mol. The van der Waals surface area contributed by atoms with Crippen LogP contribution in [-0.4, -0.2) is 49.6 Å². The van der Waals surface area contributed by atoms with Gasteiger partial charge < -0.3 is 10.2 Å². The van der Waals surface area contributed by atoms with Gasteiger partial charge in [0.15, 0.2) is 11.5 Å². The summed E-state index contributed by atoms with van der Waals surface area (Å²) in [5.41, 5.74) is 3.23. The summed E-state index contributed by atoms with van der Waals surface area (Å²) in [5.74, 6) is 3.26. The largest absolute Gasteiger partial charge is 0.354 e. The van der Waals surface area contributed by atoms with Crippen LogP contribution in [0.1, 0.15) is 35.8 Å². The summed E-state index contributed by atoms with van der Waals surface area (Å²) in [5, 5.41) is 23.9. The second-order valence-corrected chi connectivity index (χ2v) is 7.22. The Morgan fingerprint density at radius 3 is 2.88 bits per heavy atom. The minimum absolute atomic E-state index is 0.553. The molecule has 0 aromatic carbocycles. The smallest absolute Gasteiger partial charge is 0.178 e. The number of aryl methyl sites for hydroxylation is 1. The molecule has 2 N–H and O–H groups in total. The first-order valence-electron chi connectivity index (χ1n) is 8.95. The van der Waals surface area contributed by atoms with Crippen molar-refractivity contribution in [1.82, 2.24) is 35.3 Å². The standard InChI is InChI=1S/C17H22N8/c1-11-14(8-19-20-11)7-18-6-12-9-24(10-12)16-5-4-15-21-22-17(13-2-3-13)25(15)23-16/h4-5,8,12-13,18H,2-3,6-7,9-10H2,1H3,(H,19,20). The molecule has 0 amide bonds. The molecule has 2 fully saturated rings. The van der Waals surface area contributed by atoms with Crippen LogP contribution in [0.15, 0.2) is 18.3 Å². The van der Waals surface area contributed by atoms with Gasteiger partial charge in [-0.2, -0.15) is 9.61 Å². The molecule has 25 heavy (non-hydrogen) atoms. The van der Waals surface area contributed by atoms with Crippen LogP contribution in [0.5, 0.6) is 0 Å². The molecular weight excluding hydrogens is 316 g/mol. The molecule has 0 radical (unpaired) electrons. The molecule has 1 aliphatic carbocycles. The Balaban J connectivity index is 1.18. The average Bonchev–Trinajstić information content (AvgIpc) is 3.21. The Labute approximate surface area is 145 Å². The maximum absolute atomic E-state index is 4.77. The fraction of sp³-hybridized carbons (Fsp3) is 0.529. The van der Waals surface area contributed by atoms with Crippen molar-refractivity contribution in [3.8, 4) is 0 Å². The maximum Gasteiger partial charge on any atom is 0.178 e. The topological polar surface area (TPSA) is 87.0 Å². The summed E-state index contributed by atoms with van der Waals surface area (Å²) in [6.45, 7) is 6.02. The molecular formula is C17H22N8. The molecule has 0 bridgehead atoms. The molecule has 3 aromatic heterocycles. The van der Waals surface area contributed by atoms with Gasteiger partial charge in [0.1, 0.15) is 5.82 Å². The number of aromatic amines is 1. The van der Waals surface area contributed by atoms with Crippen LogP contribution in [-0.2, 0) is 6.54 Å². The van der Waals surface area contributed by atoms with E-state index in [0.29, 0.717) is 11.8 Å². The Morgan fingerprint density at radius 1 is 1.24 bits per heavy atom. The van der Waals surface area contributed by atoms with Crippen LogP contribution in [0, 0.1) is 12.8 Å². The van der Waals surface area contributed by atoms with Gasteiger partial charge in [0.05, 0.1) is 6.20 Å². The number of rotatable bonds is 6. The lowest BCUT2D eigenvalue weighted by atomic mass is 10.00. The average molecular weight is 338 g/mol. The van der Waals surface area contributed by atoms with Gasteiger partial charge in [-0.25, -0.2) is 0 Å². The fourth-order valence-electron chi connectivity index (χ4n) is 3.41. The number of aromatic nitrogens is 6. The highest BCUT2D eigenvalue weighted by Crippen LogP contribution is 2.38. The minimum Gasteiger partial charge on any atom is -0.354 e. The van der Waals surface area contributed by atoms with Crippen molar-refractivity contribution in [3.63, 3.8) is 0 Å². The van der Waals surface area contributed by atoms with Crippen LogP contribution in [0.2, 0.25) is 0 Å². The number of nitrogens with one attached hydrogen (secondary N) is 2. The predicted molar refractivity (Wildman–Crippen MR) is 93.5 cm³/mol. The van der Waals surface area contributed by atoms with Crippen LogP contribution in [0.3, 0.4) is 0 Å². The molecule has 130 valence electrons. The van der Waals surface area contributed by atoms with Crippen molar-refractivity contribution in [2.75, 3.05) is 24.5 Å². The van der Waals surface area contributed by atoms with Crippen LogP contribution in [0.4, 0.5) is 5.82 Å². The minimum atomic E-state index is 0.553. The zero-order valence-electron chi connectivity index (χ0n) is 14.3. The summed E-state index contributed by atoms with van der Waals surface area (Å²) < 4.78 is 1.93. The molecule has 3 aromatic rings. The van der Waals surface area contributed by atoms with E-state index in [1.807, 2.05) is 16.8 Å². The molecule has 2 aliphatic rings. The third-order valence-electron chi connectivity index (χ3n) is 5.18. The van der Waals surface area contributed by atoms with Gasteiger partial charge >= 0.3 is 0 Å².